The summed E-state index contributed by atoms with van der Waals surface area (Å²) >= 11 is 0. The second-order valence-corrected chi connectivity index (χ2v) is 6.42. The summed E-state index contributed by atoms with van der Waals surface area (Å²) in [7, 11) is 0. The van der Waals surface area contributed by atoms with E-state index in [9.17, 15) is 5.11 Å². The van der Waals surface area contributed by atoms with Gasteiger partial charge in [-0.25, -0.2) is 0 Å². The van der Waals surface area contributed by atoms with E-state index in [1.54, 1.807) is 0 Å². The van der Waals surface area contributed by atoms with Crippen LogP contribution < -0.4 is 0 Å². The molecule has 0 bridgehead atoms. The van der Waals surface area contributed by atoms with Gasteiger partial charge in [0.15, 0.2) is 0 Å². The third-order valence-corrected chi connectivity index (χ3v) is 4.91. The Balaban J connectivity index is 2.15. The van der Waals surface area contributed by atoms with Crippen molar-refractivity contribution in [2.75, 3.05) is 0 Å². The van der Waals surface area contributed by atoms with Gasteiger partial charge in [0.25, 0.3) is 0 Å². The number of benzene rings is 1. The third-order valence-electron chi connectivity index (χ3n) is 4.91. The zero-order valence-electron chi connectivity index (χ0n) is 12.7. The quantitative estimate of drug-likeness (QED) is 0.769. The van der Waals surface area contributed by atoms with Crippen molar-refractivity contribution in [1.29, 1.82) is 0 Å². The largest absolute Gasteiger partial charge is 0.385 e. The molecule has 1 aliphatic rings. The van der Waals surface area contributed by atoms with Gasteiger partial charge in [-0.3, -0.25) is 0 Å². The van der Waals surface area contributed by atoms with Crippen LogP contribution in [0.15, 0.2) is 18.2 Å². The molecule has 0 heterocycles. The molecule has 1 aromatic rings. The van der Waals surface area contributed by atoms with E-state index < -0.39 is 5.60 Å². The van der Waals surface area contributed by atoms with Gasteiger partial charge in [-0.2, -0.15) is 0 Å². The molecule has 1 nitrogen and oxygen atoms in total. The monoisotopic (exact) mass is 260 g/mol. The van der Waals surface area contributed by atoms with Crippen molar-refractivity contribution in [2.24, 2.45) is 5.92 Å². The van der Waals surface area contributed by atoms with Crippen molar-refractivity contribution in [3.05, 3.63) is 34.9 Å². The first kappa shape index (κ1) is 14.6. The lowest BCUT2D eigenvalue weighted by molar-refractivity contribution is 0.0195. The van der Waals surface area contributed by atoms with Crippen LogP contribution in [0.25, 0.3) is 0 Å². The van der Waals surface area contributed by atoms with Crippen LogP contribution in [0.1, 0.15) is 68.6 Å². The Kier molecular flexibility index (Phi) is 4.67. The summed E-state index contributed by atoms with van der Waals surface area (Å²) in [5.74, 6) is 0.825. The van der Waals surface area contributed by atoms with Crippen LogP contribution in [0.5, 0.6) is 0 Å². The summed E-state index contributed by atoms with van der Waals surface area (Å²) < 4.78 is 0. The molecule has 1 heteroatoms. The van der Waals surface area contributed by atoms with Gasteiger partial charge >= 0.3 is 0 Å². The van der Waals surface area contributed by atoms with Crippen LogP contribution in [0.4, 0.5) is 0 Å². The van der Waals surface area contributed by atoms with E-state index in [0.717, 1.165) is 30.7 Å². The fraction of sp³-hybridized carbons (Fsp3) is 0.667. The molecule has 0 aliphatic heterocycles. The summed E-state index contributed by atoms with van der Waals surface area (Å²) in [6.45, 7) is 6.53. The Morgan fingerprint density at radius 2 is 1.95 bits per heavy atom. The average molecular weight is 260 g/mol. The second-order valence-electron chi connectivity index (χ2n) is 6.42. The molecular formula is C18H28O. The van der Waals surface area contributed by atoms with Gasteiger partial charge in [-0.05, 0) is 62.1 Å². The minimum atomic E-state index is -0.582. The van der Waals surface area contributed by atoms with E-state index >= 15 is 0 Å². The fourth-order valence-corrected chi connectivity index (χ4v) is 3.41. The fourth-order valence-electron chi connectivity index (χ4n) is 3.41. The normalized spacial score (nSPS) is 28.1. The Labute approximate surface area is 118 Å². The van der Waals surface area contributed by atoms with Gasteiger partial charge in [0, 0.05) is 0 Å². The Bertz CT molecular complexity index is 424. The molecule has 0 spiro atoms. The van der Waals surface area contributed by atoms with Gasteiger partial charge < -0.3 is 5.11 Å². The van der Waals surface area contributed by atoms with E-state index in [-0.39, 0.29) is 0 Å². The van der Waals surface area contributed by atoms with Crippen molar-refractivity contribution in [3.63, 3.8) is 0 Å². The second kappa shape index (κ2) is 6.09. The van der Waals surface area contributed by atoms with E-state index in [0.29, 0.717) is 0 Å². The van der Waals surface area contributed by atoms with Crippen molar-refractivity contribution in [2.45, 2.75) is 71.3 Å². The highest BCUT2D eigenvalue weighted by atomic mass is 16.3. The van der Waals surface area contributed by atoms with Crippen molar-refractivity contribution in [1.82, 2.24) is 0 Å². The summed E-state index contributed by atoms with van der Waals surface area (Å²) in [6.07, 6.45) is 8.08. The van der Waals surface area contributed by atoms with E-state index in [2.05, 4.69) is 39.0 Å². The standard InChI is InChI=1S/C18H28O/c1-4-6-16-7-5-11-18(19,12-10-16)17-9-8-14(2)15(3)13-17/h8-9,13,16,19H,4-7,10-12H2,1-3H3. The molecule has 0 aromatic heterocycles. The zero-order valence-corrected chi connectivity index (χ0v) is 12.7. The molecule has 0 amide bonds. The van der Waals surface area contributed by atoms with E-state index in [1.165, 1.54) is 36.8 Å². The lowest BCUT2D eigenvalue weighted by Crippen LogP contribution is -2.25. The molecule has 106 valence electrons. The molecule has 1 N–H and O–H groups in total. The predicted molar refractivity (Wildman–Crippen MR) is 81.3 cm³/mol. The number of hydrogen-bond acceptors (Lipinski definition) is 1. The molecule has 1 saturated carbocycles. The van der Waals surface area contributed by atoms with Crippen LogP contribution in [0.3, 0.4) is 0 Å². The molecule has 19 heavy (non-hydrogen) atoms. The number of aliphatic hydroxyl groups is 1. The zero-order chi connectivity index (χ0) is 13.9. The minimum Gasteiger partial charge on any atom is -0.385 e. The van der Waals surface area contributed by atoms with Crippen LogP contribution in [0.2, 0.25) is 0 Å². The lowest BCUT2D eigenvalue weighted by atomic mass is 9.84. The molecule has 0 saturated heterocycles. The van der Waals surface area contributed by atoms with Gasteiger partial charge in [0.05, 0.1) is 5.60 Å². The number of aryl methyl sites for hydroxylation is 2. The van der Waals surface area contributed by atoms with Gasteiger partial charge in [0.2, 0.25) is 0 Å². The molecule has 1 aliphatic carbocycles. The summed E-state index contributed by atoms with van der Waals surface area (Å²) in [5, 5.41) is 11.0. The van der Waals surface area contributed by atoms with Crippen molar-refractivity contribution >= 4 is 0 Å². The first-order chi connectivity index (χ1) is 9.05. The highest BCUT2D eigenvalue weighted by molar-refractivity contribution is 5.33. The SMILES string of the molecule is CCCC1CCCC(O)(c2ccc(C)c(C)c2)CC1. The summed E-state index contributed by atoms with van der Waals surface area (Å²) in [5.41, 5.74) is 3.15. The molecule has 1 aromatic carbocycles. The highest BCUT2D eigenvalue weighted by Gasteiger charge is 2.32. The first-order valence-corrected chi connectivity index (χ1v) is 7.85. The Morgan fingerprint density at radius 1 is 1.16 bits per heavy atom. The van der Waals surface area contributed by atoms with Gasteiger partial charge in [0.1, 0.15) is 0 Å². The molecule has 2 rings (SSSR count). The van der Waals surface area contributed by atoms with Crippen LogP contribution in [-0.4, -0.2) is 5.11 Å². The maximum atomic E-state index is 11.0. The van der Waals surface area contributed by atoms with Crippen LogP contribution in [-0.2, 0) is 5.60 Å². The van der Waals surface area contributed by atoms with Crippen LogP contribution in [0, 0.1) is 19.8 Å². The van der Waals surface area contributed by atoms with Gasteiger partial charge in [-0.1, -0.05) is 44.4 Å². The maximum absolute atomic E-state index is 11.0. The highest BCUT2D eigenvalue weighted by Crippen LogP contribution is 2.39. The average Bonchev–Trinajstić information content (AvgIpc) is 2.57. The topological polar surface area (TPSA) is 20.2 Å². The number of hydrogen-bond donors (Lipinski definition) is 1. The maximum Gasteiger partial charge on any atom is 0.0896 e. The predicted octanol–water partition coefficient (Wildman–Crippen LogP) is 4.87. The Hall–Kier alpha value is -0.820. The first-order valence-electron chi connectivity index (χ1n) is 7.85. The summed E-state index contributed by atoms with van der Waals surface area (Å²) in [4.78, 5) is 0. The molecular weight excluding hydrogens is 232 g/mol. The van der Waals surface area contributed by atoms with Gasteiger partial charge in [-0.15, -0.1) is 0 Å². The van der Waals surface area contributed by atoms with Crippen LogP contribution >= 0.6 is 0 Å². The lowest BCUT2D eigenvalue weighted by Gasteiger charge is -2.28. The molecule has 2 unspecified atom stereocenters. The minimum absolute atomic E-state index is 0.582. The summed E-state index contributed by atoms with van der Waals surface area (Å²) in [6, 6.07) is 6.47. The van der Waals surface area contributed by atoms with Crippen molar-refractivity contribution < 1.29 is 5.11 Å². The smallest absolute Gasteiger partial charge is 0.0896 e. The molecule has 1 fully saturated rings. The third kappa shape index (κ3) is 3.39. The molecule has 2 atom stereocenters. The van der Waals surface area contributed by atoms with E-state index in [1.807, 2.05) is 0 Å². The Morgan fingerprint density at radius 3 is 2.63 bits per heavy atom. The van der Waals surface area contributed by atoms with E-state index in [4.69, 9.17) is 0 Å². The number of rotatable bonds is 3. The van der Waals surface area contributed by atoms with Crippen molar-refractivity contribution in [3.8, 4) is 0 Å². The molecule has 0 radical (unpaired) electrons.